The number of hydrogen-bond donors (Lipinski definition) is 2. The maximum absolute atomic E-state index is 13.3. The summed E-state index contributed by atoms with van der Waals surface area (Å²) in [5.41, 5.74) is 7.26. The quantitative estimate of drug-likeness (QED) is 0.261. The van der Waals surface area contributed by atoms with Gasteiger partial charge in [0, 0.05) is 67.8 Å². The molecule has 13 heteroatoms. The summed E-state index contributed by atoms with van der Waals surface area (Å²) in [7, 11) is 4.77. The van der Waals surface area contributed by atoms with Crippen LogP contribution in [-0.2, 0) is 30.0 Å². The third-order valence-corrected chi connectivity index (χ3v) is 11.0. The number of nitrogens with one attached hydrogen (secondary N) is 2. The number of rotatable bonds is 6. The molecule has 1 unspecified atom stereocenters. The molecule has 2 aliphatic heterocycles. The van der Waals surface area contributed by atoms with Crippen molar-refractivity contribution in [2.75, 3.05) is 38.7 Å². The Morgan fingerprint density at radius 2 is 1.75 bits per heavy atom. The molecular weight excluding hydrogens is 670 g/mol. The number of halogens is 1. The van der Waals surface area contributed by atoms with Crippen LogP contribution in [0.2, 0.25) is 5.02 Å². The summed E-state index contributed by atoms with van der Waals surface area (Å²) in [6, 6.07) is 15.8. The van der Waals surface area contributed by atoms with Crippen LogP contribution < -0.4 is 26.6 Å². The number of aryl methyl sites for hydroxylation is 3. The van der Waals surface area contributed by atoms with Gasteiger partial charge in [0.25, 0.3) is 5.56 Å². The maximum atomic E-state index is 13.3. The third kappa shape index (κ3) is 5.40. The molecule has 2 saturated heterocycles. The van der Waals surface area contributed by atoms with E-state index in [1.165, 1.54) is 17.2 Å². The number of fused-ring (bicyclic) bond motifs is 2. The molecule has 8 rings (SSSR count). The van der Waals surface area contributed by atoms with Gasteiger partial charge in [-0.1, -0.05) is 41.9 Å². The molecule has 0 radical (unpaired) electrons. The molecule has 2 N–H and O–H groups in total. The Labute approximate surface area is 299 Å². The van der Waals surface area contributed by atoms with Gasteiger partial charge >= 0.3 is 5.69 Å². The van der Waals surface area contributed by atoms with Crippen molar-refractivity contribution >= 4 is 39.9 Å². The minimum atomic E-state index is -0.418. The van der Waals surface area contributed by atoms with Gasteiger partial charge in [0.2, 0.25) is 11.8 Å². The average molecular weight is 708 g/mol. The van der Waals surface area contributed by atoms with E-state index >= 15 is 0 Å². The summed E-state index contributed by atoms with van der Waals surface area (Å²) >= 11 is 7.24. The van der Waals surface area contributed by atoms with Crippen molar-refractivity contribution < 1.29 is 14.3 Å². The molecule has 2 fully saturated rings. The second-order valence-corrected chi connectivity index (χ2v) is 14.2. The van der Waals surface area contributed by atoms with Crippen molar-refractivity contribution in [2.24, 2.45) is 14.1 Å². The molecular formula is C38H38ClN7O5. The van der Waals surface area contributed by atoms with Crippen molar-refractivity contribution in [1.29, 1.82) is 0 Å². The molecule has 12 nitrogen and oxygen atoms in total. The van der Waals surface area contributed by atoms with Gasteiger partial charge in [-0.05, 0) is 61.6 Å². The summed E-state index contributed by atoms with van der Waals surface area (Å²) in [5.74, 6) is 0.900. The van der Waals surface area contributed by atoms with Crippen LogP contribution in [-0.4, -0.2) is 68.9 Å². The minimum Gasteiger partial charge on any atom is -0.481 e. The number of carbonyl (C=O) groups excluding carboxylic acids is 1. The first-order chi connectivity index (χ1) is 24.5. The van der Waals surface area contributed by atoms with Gasteiger partial charge in [0.15, 0.2) is 0 Å². The average Bonchev–Trinajstić information content (AvgIpc) is 3.53. The highest BCUT2D eigenvalue weighted by Gasteiger charge is 2.50. The largest absolute Gasteiger partial charge is 0.481 e. The van der Waals surface area contributed by atoms with Gasteiger partial charge in [-0.3, -0.25) is 23.6 Å². The van der Waals surface area contributed by atoms with Crippen molar-refractivity contribution in [3.8, 4) is 28.3 Å². The fourth-order valence-corrected chi connectivity index (χ4v) is 8.20. The third-order valence-electron chi connectivity index (χ3n) is 10.6. The number of pyridine rings is 2. The van der Waals surface area contributed by atoms with Gasteiger partial charge in [0.1, 0.15) is 23.4 Å². The van der Waals surface area contributed by atoms with Crippen LogP contribution in [0.1, 0.15) is 34.8 Å². The lowest BCUT2D eigenvalue weighted by Gasteiger charge is -2.53. The first-order valence-corrected chi connectivity index (χ1v) is 17.3. The Balaban J connectivity index is 1.12. The smallest absolute Gasteiger partial charge is 0.330 e. The van der Waals surface area contributed by atoms with Crippen molar-refractivity contribution in [1.82, 2.24) is 29.3 Å². The van der Waals surface area contributed by atoms with Gasteiger partial charge in [-0.2, -0.15) is 0 Å². The van der Waals surface area contributed by atoms with Crippen LogP contribution in [0, 0.1) is 13.8 Å². The van der Waals surface area contributed by atoms with E-state index in [2.05, 4.69) is 26.6 Å². The molecule has 1 atom stereocenters. The number of benzene rings is 2. The summed E-state index contributed by atoms with van der Waals surface area (Å²) in [5, 5.41) is 7.22. The highest BCUT2D eigenvalue weighted by Crippen LogP contribution is 2.47. The van der Waals surface area contributed by atoms with Crippen LogP contribution in [0.4, 0.5) is 11.5 Å². The molecule has 51 heavy (non-hydrogen) atoms. The topological polar surface area (TPSA) is 133 Å². The number of likely N-dealkylation sites (tertiary alicyclic amines) is 1. The van der Waals surface area contributed by atoms with Crippen molar-refractivity contribution in [2.45, 2.75) is 38.3 Å². The Morgan fingerprint density at radius 3 is 2.49 bits per heavy atom. The van der Waals surface area contributed by atoms with Crippen molar-refractivity contribution in [3.63, 3.8) is 0 Å². The number of anilines is 2. The zero-order valence-electron chi connectivity index (χ0n) is 29.1. The SMILES string of the molecule is COc1nc(-c2cccc(-c3cccc(Nc4nc(C)cc5c4c(=O)n(C)c(=O)n5C)c3C)c2Cl)cc2c1C(N1CC3(CNC(=O)CO3)C1)CC2. The summed E-state index contributed by atoms with van der Waals surface area (Å²) in [6.45, 7) is 5.96. The predicted molar refractivity (Wildman–Crippen MR) is 196 cm³/mol. The number of ether oxygens (including phenoxy) is 2. The van der Waals surface area contributed by atoms with Crippen LogP contribution >= 0.6 is 11.6 Å². The molecule has 0 bridgehead atoms. The normalized spacial score (nSPS) is 18.1. The predicted octanol–water partition coefficient (Wildman–Crippen LogP) is 4.57. The number of morpholine rings is 1. The number of nitrogens with zero attached hydrogens (tertiary/aromatic N) is 5. The van der Waals surface area contributed by atoms with Gasteiger partial charge in [0.05, 0.1) is 23.3 Å². The zero-order chi connectivity index (χ0) is 35.8. The number of aromatic nitrogens is 4. The van der Waals surface area contributed by atoms with Crippen LogP contribution in [0.15, 0.2) is 58.1 Å². The Hall–Kier alpha value is -5.04. The number of amides is 1. The first-order valence-electron chi connectivity index (χ1n) is 16.9. The van der Waals surface area contributed by atoms with Gasteiger partial charge in [-0.15, -0.1) is 0 Å². The van der Waals surface area contributed by atoms with E-state index in [1.54, 1.807) is 20.2 Å². The lowest BCUT2D eigenvalue weighted by molar-refractivity contribution is -0.179. The van der Waals surface area contributed by atoms with E-state index in [0.717, 1.165) is 69.7 Å². The fourth-order valence-electron chi connectivity index (χ4n) is 7.87. The summed E-state index contributed by atoms with van der Waals surface area (Å²) in [4.78, 5) is 49.6. The Bertz CT molecular complexity index is 2390. The Kier molecular flexibility index (Phi) is 8.01. The number of hydrogen-bond acceptors (Lipinski definition) is 9. The number of methoxy groups -OCH3 is 1. The molecule has 3 aromatic heterocycles. The molecule has 5 aromatic rings. The van der Waals surface area contributed by atoms with Crippen LogP contribution in [0.5, 0.6) is 5.88 Å². The van der Waals surface area contributed by atoms with E-state index in [4.69, 9.17) is 26.1 Å². The van der Waals surface area contributed by atoms with E-state index in [9.17, 15) is 14.4 Å². The van der Waals surface area contributed by atoms with E-state index in [-0.39, 0.29) is 24.2 Å². The molecule has 0 saturated carbocycles. The van der Waals surface area contributed by atoms with Gasteiger partial charge < -0.3 is 20.1 Å². The first kappa shape index (κ1) is 33.1. The highest BCUT2D eigenvalue weighted by atomic mass is 35.5. The molecule has 2 aromatic carbocycles. The fraction of sp³-hybridized carbons (Fsp3) is 0.342. The van der Waals surface area contributed by atoms with Crippen molar-refractivity contribution in [3.05, 3.63) is 96.8 Å². The molecule has 1 aliphatic carbocycles. The summed E-state index contributed by atoms with van der Waals surface area (Å²) < 4.78 is 14.4. The number of carbonyl (C=O) groups is 1. The van der Waals surface area contributed by atoms with E-state index in [0.29, 0.717) is 39.9 Å². The van der Waals surface area contributed by atoms with Gasteiger partial charge in [-0.25, -0.2) is 14.8 Å². The molecule has 3 aliphatic rings. The standard InChI is InChI=1S/C38H38ClN7O5/c1-20-14-29-32(36(48)45(4)37(49)44(29)3)34(41-20)42-26-11-7-8-23(21(26)2)24-9-6-10-25(33(24)39)27-15-22-12-13-28(31(22)35(43-27)50-5)46-18-38(19-46)17-40-30(47)16-51-38/h6-11,14-15,28H,12-13,16-19H2,1-5H3,(H,40,47)(H,41,42). The molecule has 5 heterocycles. The maximum Gasteiger partial charge on any atom is 0.330 e. The Morgan fingerprint density at radius 1 is 1.00 bits per heavy atom. The molecule has 1 amide bonds. The van der Waals surface area contributed by atoms with Crippen LogP contribution in [0.3, 0.4) is 0 Å². The van der Waals surface area contributed by atoms with E-state index < -0.39 is 11.2 Å². The monoisotopic (exact) mass is 707 g/mol. The van der Waals surface area contributed by atoms with E-state index in [1.807, 2.05) is 50.2 Å². The lowest BCUT2D eigenvalue weighted by atomic mass is 9.89. The molecule has 1 spiro atoms. The molecule has 262 valence electrons. The van der Waals surface area contributed by atoms with Crippen LogP contribution in [0.25, 0.3) is 33.3 Å². The highest BCUT2D eigenvalue weighted by molar-refractivity contribution is 6.36. The zero-order valence-corrected chi connectivity index (χ0v) is 29.8. The summed E-state index contributed by atoms with van der Waals surface area (Å²) in [6.07, 6.45) is 1.83. The second kappa shape index (κ2) is 12.3. The lowest BCUT2D eigenvalue weighted by Crippen LogP contribution is -2.70. The second-order valence-electron chi connectivity index (χ2n) is 13.8. The minimum absolute atomic E-state index is 0.0672.